The third-order valence-corrected chi connectivity index (χ3v) is 7.19. The zero-order chi connectivity index (χ0) is 18.4. The molecular weight excluding hydrogens is 348 g/mol. The Labute approximate surface area is 150 Å². The van der Waals surface area contributed by atoms with Crippen molar-refractivity contribution in [1.29, 1.82) is 0 Å². The molecular formula is C16H24N2O6S. The molecule has 0 aliphatic carbocycles. The number of carboxylic acids is 1. The normalized spacial score (nSPS) is 34.4. The maximum absolute atomic E-state index is 12.3. The fourth-order valence-corrected chi connectivity index (χ4v) is 6.31. The van der Waals surface area contributed by atoms with E-state index in [1.54, 1.807) is 0 Å². The second kappa shape index (κ2) is 6.77. The van der Waals surface area contributed by atoms with E-state index >= 15 is 0 Å². The molecule has 1 N–H and O–H groups in total. The summed E-state index contributed by atoms with van der Waals surface area (Å²) >= 11 is 1.36. The van der Waals surface area contributed by atoms with Crippen LogP contribution in [0.5, 0.6) is 0 Å². The minimum absolute atomic E-state index is 0.122. The van der Waals surface area contributed by atoms with Crippen molar-refractivity contribution < 1.29 is 33.8 Å². The predicted molar refractivity (Wildman–Crippen MR) is 86.7 cm³/mol. The number of ether oxygens (including phenoxy) is 1. The number of β-lactam (4-membered cyclic amide) rings is 1. The topological polar surface area (TPSA) is 107 Å². The van der Waals surface area contributed by atoms with E-state index < -0.39 is 29.5 Å². The zero-order valence-electron chi connectivity index (χ0n) is 14.4. The van der Waals surface area contributed by atoms with Crippen LogP contribution in [0.1, 0.15) is 26.2 Å². The van der Waals surface area contributed by atoms with Gasteiger partial charge in [0.15, 0.2) is 0 Å². The van der Waals surface area contributed by atoms with E-state index in [1.165, 1.54) is 23.6 Å². The quantitative estimate of drug-likeness (QED) is 0.344. The zero-order valence-corrected chi connectivity index (χ0v) is 15.2. The van der Waals surface area contributed by atoms with Gasteiger partial charge in [-0.1, -0.05) is 0 Å². The van der Waals surface area contributed by atoms with E-state index in [9.17, 15) is 19.5 Å². The number of carboxylic acid groups (broad SMARTS) is 1. The summed E-state index contributed by atoms with van der Waals surface area (Å²) in [6.07, 6.45) is 1.65. The molecule has 8 nitrogen and oxygen atoms in total. The lowest BCUT2D eigenvalue weighted by Gasteiger charge is -2.45. The van der Waals surface area contributed by atoms with Crippen LogP contribution in [-0.4, -0.2) is 82.0 Å². The van der Waals surface area contributed by atoms with Gasteiger partial charge in [-0.3, -0.25) is 14.1 Å². The smallest absolute Gasteiger partial charge is 0.307 e. The number of aliphatic hydroxyl groups is 1. The van der Waals surface area contributed by atoms with Crippen LogP contribution < -0.4 is 5.11 Å². The van der Waals surface area contributed by atoms with Crippen LogP contribution in [0.3, 0.4) is 0 Å². The molecule has 0 saturated carbocycles. The lowest BCUT2D eigenvalue weighted by atomic mass is 9.92. The van der Waals surface area contributed by atoms with Gasteiger partial charge in [0, 0.05) is 26.4 Å². The Kier molecular flexibility index (Phi) is 5.00. The average molecular weight is 372 g/mol. The van der Waals surface area contributed by atoms with Crippen LogP contribution in [-0.2, 0) is 19.1 Å². The SMILES string of the molecule is CC(=O)O[C@H](C1S[C@@H]2[C@@H](CCO)C(=O)N2C1C(=O)[O-])[N+]1(C)CCCC1. The lowest BCUT2D eigenvalue weighted by molar-refractivity contribution is -0.941. The van der Waals surface area contributed by atoms with E-state index in [0.717, 1.165) is 25.9 Å². The van der Waals surface area contributed by atoms with E-state index in [1.807, 2.05) is 7.05 Å². The number of hydrogen-bond acceptors (Lipinski definition) is 7. The largest absolute Gasteiger partial charge is 0.548 e. The number of aliphatic hydroxyl groups excluding tert-OH is 1. The molecule has 25 heavy (non-hydrogen) atoms. The number of rotatable bonds is 6. The second-order valence-corrected chi connectivity index (χ2v) is 8.55. The molecule has 3 aliphatic rings. The fourth-order valence-electron chi connectivity index (χ4n) is 4.31. The number of nitrogens with zero attached hydrogens (tertiary/aromatic N) is 2. The van der Waals surface area contributed by atoms with Crippen molar-refractivity contribution in [2.75, 3.05) is 26.7 Å². The van der Waals surface area contributed by atoms with Crippen molar-refractivity contribution >= 4 is 29.6 Å². The molecule has 3 saturated heterocycles. The molecule has 0 aromatic heterocycles. The maximum atomic E-state index is 12.3. The first kappa shape index (κ1) is 18.5. The van der Waals surface area contributed by atoms with Crippen LogP contribution in [0.25, 0.3) is 0 Å². The Morgan fingerprint density at radius 1 is 1.44 bits per heavy atom. The number of carbonyl (C=O) groups is 3. The highest BCUT2D eigenvalue weighted by Gasteiger charge is 2.63. The van der Waals surface area contributed by atoms with Crippen molar-refractivity contribution in [2.45, 2.75) is 49.1 Å². The molecule has 140 valence electrons. The van der Waals surface area contributed by atoms with E-state index in [2.05, 4.69) is 0 Å². The molecule has 3 rings (SSSR count). The van der Waals surface area contributed by atoms with Gasteiger partial charge in [0.25, 0.3) is 6.23 Å². The molecule has 3 aliphatic heterocycles. The molecule has 0 bridgehead atoms. The van der Waals surface area contributed by atoms with Crippen LogP contribution >= 0.6 is 11.8 Å². The number of aliphatic carboxylic acids is 1. The minimum Gasteiger partial charge on any atom is -0.548 e. The third kappa shape index (κ3) is 3.02. The molecule has 0 spiro atoms. The monoisotopic (exact) mass is 372 g/mol. The first-order valence-corrected chi connectivity index (χ1v) is 9.55. The van der Waals surface area contributed by atoms with Gasteiger partial charge in [-0.15, -0.1) is 11.8 Å². The molecule has 5 atom stereocenters. The summed E-state index contributed by atoms with van der Waals surface area (Å²) in [5.74, 6) is -2.43. The molecule has 0 radical (unpaired) electrons. The second-order valence-electron chi connectivity index (χ2n) is 7.25. The molecule has 0 aromatic carbocycles. The van der Waals surface area contributed by atoms with Gasteiger partial charge in [0.05, 0.1) is 43.4 Å². The molecule has 2 unspecified atom stereocenters. The predicted octanol–water partition coefficient (Wildman–Crippen LogP) is -1.48. The lowest BCUT2D eigenvalue weighted by Crippen LogP contribution is -2.66. The Morgan fingerprint density at radius 3 is 2.60 bits per heavy atom. The number of thioether (sulfide) groups is 1. The minimum atomic E-state index is -1.32. The van der Waals surface area contributed by atoms with Gasteiger partial charge in [0.1, 0.15) is 5.25 Å². The van der Waals surface area contributed by atoms with Crippen molar-refractivity contribution in [3.05, 3.63) is 0 Å². The van der Waals surface area contributed by atoms with E-state index in [-0.39, 0.29) is 23.8 Å². The average Bonchev–Trinajstić information content (AvgIpc) is 3.13. The van der Waals surface area contributed by atoms with Crippen LogP contribution in [0.2, 0.25) is 0 Å². The number of fused-ring (bicyclic) bond motifs is 1. The van der Waals surface area contributed by atoms with E-state index in [4.69, 9.17) is 9.84 Å². The van der Waals surface area contributed by atoms with Crippen molar-refractivity contribution in [1.82, 2.24) is 4.90 Å². The maximum Gasteiger partial charge on any atom is 0.307 e. The van der Waals surface area contributed by atoms with Gasteiger partial charge >= 0.3 is 5.97 Å². The summed E-state index contributed by atoms with van der Waals surface area (Å²) in [6, 6.07) is -1.11. The van der Waals surface area contributed by atoms with Crippen LogP contribution in [0, 0.1) is 5.92 Å². The van der Waals surface area contributed by atoms with Crippen molar-refractivity contribution in [3.63, 3.8) is 0 Å². The Balaban J connectivity index is 1.90. The van der Waals surface area contributed by atoms with Gasteiger partial charge in [0.2, 0.25) is 5.91 Å². The van der Waals surface area contributed by atoms with Crippen molar-refractivity contribution in [2.24, 2.45) is 5.92 Å². The highest BCUT2D eigenvalue weighted by molar-refractivity contribution is 8.01. The number of hydrogen-bond donors (Lipinski definition) is 1. The summed E-state index contributed by atoms with van der Waals surface area (Å²) < 4.78 is 6.05. The number of esters is 1. The first-order chi connectivity index (χ1) is 11.8. The van der Waals surface area contributed by atoms with E-state index in [0.29, 0.717) is 10.9 Å². The summed E-state index contributed by atoms with van der Waals surface area (Å²) in [6.45, 7) is 2.79. The summed E-state index contributed by atoms with van der Waals surface area (Å²) in [5, 5.41) is 20.1. The van der Waals surface area contributed by atoms with Crippen molar-refractivity contribution in [3.8, 4) is 0 Å². The van der Waals surface area contributed by atoms with Gasteiger partial charge < -0.3 is 24.6 Å². The summed E-state index contributed by atoms with van der Waals surface area (Å²) in [5.41, 5.74) is 0. The number of amides is 1. The van der Waals surface area contributed by atoms with Crippen LogP contribution in [0.15, 0.2) is 0 Å². The highest BCUT2D eigenvalue weighted by atomic mass is 32.2. The van der Waals surface area contributed by atoms with Crippen LogP contribution in [0.4, 0.5) is 0 Å². The molecule has 3 fully saturated rings. The fraction of sp³-hybridized carbons (Fsp3) is 0.812. The number of quaternary nitrogens is 1. The highest BCUT2D eigenvalue weighted by Crippen LogP contribution is 2.51. The molecule has 0 aromatic rings. The molecule has 1 amide bonds. The van der Waals surface area contributed by atoms with Gasteiger partial charge in [-0.05, 0) is 6.42 Å². The molecule has 3 heterocycles. The van der Waals surface area contributed by atoms with Gasteiger partial charge in [-0.25, -0.2) is 0 Å². The summed E-state index contributed by atoms with van der Waals surface area (Å²) in [7, 11) is 1.97. The molecule has 9 heteroatoms. The number of likely N-dealkylation sites (tertiary alicyclic amines) is 1. The Hall–Kier alpha value is -1.32. The standard InChI is InChI=1S/C16H24N2O6S/c1-9(20)24-15(18(2)6-3-4-7-18)12-11(16(22)23)17-13(21)10(5-8-19)14(17)25-12/h10-12,14-15,19H,3-8H2,1-2H3/t10-,11?,12?,14+,15+/m0/s1. The Bertz CT molecular complexity index is 579. The number of carbonyl (C=O) groups excluding carboxylic acids is 3. The Morgan fingerprint density at radius 2 is 2.08 bits per heavy atom. The van der Waals surface area contributed by atoms with Gasteiger partial charge in [-0.2, -0.15) is 0 Å². The first-order valence-electron chi connectivity index (χ1n) is 8.61. The summed E-state index contributed by atoms with van der Waals surface area (Å²) in [4.78, 5) is 37.2. The third-order valence-electron chi connectivity index (χ3n) is 5.55.